The summed E-state index contributed by atoms with van der Waals surface area (Å²) in [5, 5.41) is 18.9. The zero-order valence-corrected chi connectivity index (χ0v) is 24.8. The van der Waals surface area contributed by atoms with Gasteiger partial charge in [0.05, 0.1) is 22.0 Å². The first kappa shape index (κ1) is 33.8. The van der Waals surface area contributed by atoms with Gasteiger partial charge < -0.3 is 15.4 Å². The quantitative estimate of drug-likeness (QED) is 0.192. The molecule has 0 fully saturated rings. The molecule has 3 aromatic heterocycles. The molecular weight excluding hydrogens is 679 g/mol. The molecule has 0 aliphatic heterocycles. The van der Waals surface area contributed by atoms with Crippen molar-refractivity contribution in [3.63, 3.8) is 0 Å². The van der Waals surface area contributed by atoms with Crippen LogP contribution in [0.15, 0.2) is 60.8 Å². The number of anilines is 1. The number of halogens is 8. The highest BCUT2D eigenvalue weighted by Crippen LogP contribution is 2.27. The average molecular weight is 698 g/mol. The molecule has 20 heteroatoms. The lowest BCUT2D eigenvalue weighted by atomic mass is 10.1. The number of tetrazole rings is 1. The SMILES string of the molecule is Cc1cc(F)cc(C(=O)NCc2ccc(OC(F)(F)F)cc2)c1NC(=O)c1cc(Cn2nnc(C(F)(F)F)n2)nn1-c1ncccc1Cl. The van der Waals surface area contributed by atoms with E-state index in [0.29, 0.717) is 10.4 Å². The smallest absolute Gasteiger partial charge is 0.406 e. The van der Waals surface area contributed by atoms with E-state index < -0.39 is 48.3 Å². The normalized spacial score (nSPS) is 11.8. The number of carbonyl (C=O) groups is 2. The van der Waals surface area contributed by atoms with Crippen LogP contribution in [0.3, 0.4) is 0 Å². The monoisotopic (exact) mass is 697 g/mol. The number of nitrogens with one attached hydrogen (secondary N) is 2. The van der Waals surface area contributed by atoms with Gasteiger partial charge in [-0.3, -0.25) is 9.59 Å². The van der Waals surface area contributed by atoms with Crippen molar-refractivity contribution in [2.75, 3.05) is 5.32 Å². The number of nitrogens with zero attached hydrogens (tertiary/aromatic N) is 7. The summed E-state index contributed by atoms with van der Waals surface area (Å²) in [4.78, 5) is 31.6. The third-order valence-electron chi connectivity index (χ3n) is 6.34. The first-order valence-corrected chi connectivity index (χ1v) is 13.7. The van der Waals surface area contributed by atoms with E-state index in [1.807, 2.05) is 0 Å². The van der Waals surface area contributed by atoms with Gasteiger partial charge in [-0.1, -0.05) is 23.7 Å². The van der Waals surface area contributed by atoms with Crippen molar-refractivity contribution in [3.8, 4) is 11.6 Å². The second kappa shape index (κ2) is 13.3. The topological polar surface area (TPSA) is 142 Å². The fraction of sp³-hybridized carbons (Fsp3) is 0.179. The molecule has 250 valence electrons. The number of pyridine rings is 1. The van der Waals surface area contributed by atoms with Gasteiger partial charge in [-0.2, -0.15) is 23.1 Å². The zero-order valence-electron chi connectivity index (χ0n) is 24.1. The molecule has 5 aromatic rings. The number of aryl methyl sites for hydroxylation is 1. The summed E-state index contributed by atoms with van der Waals surface area (Å²) < 4.78 is 95.5. The number of rotatable bonds is 9. The second-order valence-corrected chi connectivity index (χ2v) is 10.3. The third kappa shape index (κ3) is 8.03. The molecule has 3 heterocycles. The van der Waals surface area contributed by atoms with Gasteiger partial charge >= 0.3 is 12.5 Å². The van der Waals surface area contributed by atoms with E-state index in [1.54, 1.807) is 0 Å². The molecule has 0 aliphatic carbocycles. The van der Waals surface area contributed by atoms with Gasteiger partial charge in [0.2, 0.25) is 0 Å². The molecule has 48 heavy (non-hydrogen) atoms. The molecule has 2 amide bonds. The van der Waals surface area contributed by atoms with Crippen molar-refractivity contribution in [1.82, 2.24) is 40.3 Å². The van der Waals surface area contributed by atoms with Gasteiger partial charge in [0, 0.05) is 12.7 Å². The van der Waals surface area contributed by atoms with Crippen molar-refractivity contribution in [3.05, 3.63) is 106 Å². The highest BCUT2D eigenvalue weighted by molar-refractivity contribution is 6.32. The molecule has 12 nitrogen and oxygen atoms in total. The molecule has 0 unspecified atom stereocenters. The molecule has 0 saturated heterocycles. The highest BCUT2D eigenvalue weighted by Gasteiger charge is 2.37. The molecular formula is C28H19ClF7N9O3. The molecule has 0 spiro atoms. The largest absolute Gasteiger partial charge is 0.573 e. The molecule has 0 aliphatic rings. The number of amides is 2. The summed E-state index contributed by atoms with van der Waals surface area (Å²) in [5.41, 5.74) is -0.139. The fourth-order valence-electron chi connectivity index (χ4n) is 4.28. The summed E-state index contributed by atoms with van der Waals surface area (Å²) >= 11 is 6.28. The van der Waals surface area contributed by atoms with Crippen LogP contribution in [0.25, 0.3) is 5.82 Å². The van der Waals surface area contributed by atoms with E-state index in [0.717, 1.165) is 28.9 Å². The molecule has 5 rings (SSSR count). The van der Waals surface area contributed by atoms with E-state index in [2.05, 4.69) is 40.9 Å². The minimum Gasteiger partial charge on any atom is -0.406 e. The Balaban J connectivity index is 1.41. The number of hydrogen-bond acceptors (Lipinski definition) is 8. The van der Waals surface area contributed by atoms with Crippen LogP contribution in [0, 0.1) is 12.7 Å². The number of carbonyl (C=O) groups excluding carboxylic acids is 2. The van der Waals surface area contributed by atoms with Crippen molar-refractivity contribution < 1.29 is 45.1 Å². The van der Waals surface area contributed by atoms with Crippen LogP contribution in [0.2, 0.25) is 5.02 Å². The maximum Gasteiger partial charge on any atom is 0.573 e. The zero-order chi connectivity index (χ0) is 34.8. The van der Waals surface area contributed by atoms with Crippen LogP contribution in [0.4, 0.5) is 36.4 Å². The maximum absolute atomic E-state index is 14.5. The molecule has 2 N–H and O–H groups in total. The minimum atomic E-state index is -4.88. The second-order valence-electron chi connectivity index (χ2n) is 9.86. The van der Waals surface area contributed by atoms with Crippen LogP contribution in [-0.4, -0.2) is 53.1 Å². The van der Waals surface area contributed by atoms with E-state index in [1.165, 1.54) is 43.5 Å². The first-order valence-electron chi connectivity index (χ1n) is 13.4. The van der Waals surface area contributed by atoms with Crippen molar-refractivity contribution >= 4 is 29.1 Å². The Morgan fingerprint density at radius 3 is 2.35 bits per heavy atom. The molecule has 0 radical (unpaired) electrons. The predicted molar refractivity (Wildman–Crippen MR) is 152 cm³/mol. The Morgan fingerprint density at radius 1 is 0.979 bits per heavy atom. The van der Waals surface area contributed by atoms with E-state index in [9.17, 15) is 40.3 Å². The number of benzene rings is 2. The summed E-state index contributed by atoms with van der Waals surface area (Å²) in [5.74, 6) is -4.54. The average Bonchev–Trinajstić information content (AvgIpc) is 3.65. The summed E-state index contributed by atoms with van der Waals surface area (Å²) in [6.07, 6.45) is -8.39. The van der Waals surface area contributed by atoms with Gasteiger partial charge in [0.25, 0.3) is 17.6 Å². The van der Waals surface area contributed by atoms with Gasteiger partial charge in [0.1, 0.15) is 23.8 Å². The van der Waals surface area contributed by atoms with Crippen molar-refractivity contribution in [1.29, 1.82) is 0 Å². The van der Waals surface area contributed by atoms with E-state index in [4.69, 9.17) is 11.6 Å². The maximum atomic E-state index is 14.5. The Hall–Kier alpha value is -5.59. The lowest BCUT2D eigenvalue weighted by molar-refractivity contribution is -0.274. The summed E-state index contributed by atoms with van der Waals surface area (Å²) in [7, 11) is 0. The molecule has 0 saturated carbocycles. The van der Waals surface area contributed by atoms with Crippen molar-refractivity contribution in [2.24, 2.45) is 0 Å². The molecule has 0 atom stereocenters. The number of ether oxygens (including phenoxy) is 1. The lowest BCUT2D eigenvalue weighted by Crippen LogP contribution is -2.26. The van der Waals surface area contributed by atoms with E-state index >= 15 is 0 Å². The van der Waals surface area contributed by atoms with Crippen LogP contribution >= 0.6 is 11.6 Å². The Kier molecular flexibility index (Phi) is 9.33. The van der Waals surface area contributed by atoms with Gasteiger partial charge in [0.15, 0.2) is 5.82 Å². The Bertz CT molecular complexity index is 1980. The van der Waals surface area contributed by atoms with Crippen LogP contribution in [0.5, 0.6) is 5.75 Å². The number of hydrogen-bond donors (Lipinski definition) is 2. The van der Waals surface area contributed by atoms with Gasteiger partial charge in [-0.15, -0.1) is 23.4 Å². The van der Waals surface area contributed by atoms with Crippen molar-refractivity contribution in [2.45, 2.75) is 32.6 Å². The van der Waals surface area contributed by atoms with Gasteiger partial charge in [-0.25, -0.2) is 14.1 Å². The first-order chi connectivity index (χ1) is 22.6. The van der Waals surface area contributed by atoms with Crippen LogP contribution < -0.4 is 15.4 Å². The summed E-state index contributed by atoms with van der Waals surface area (Å²) in [6, 6.07) is 10.7. The highest BCUT2D eigenvalue weighted by atomic mass is 35.5. The Labute approximate surface area is 269 Å². The predicted octanol–water partition coefficient (Wildman–Crippen LogP) is 5.50. The van der Waals surface area contributed by atoms with Gasteiger partial charge in [-0.05, 0) is 65.7 Å². The third-order valence-corrected chi connectivity index (χ3v) is 6.63. The number of aromatic nitrogens is 7. The van der Waals surface area contributed by atoms with E-state index in [-0.39, 0.29) is 45.6 Å². The lowest BCUT2D eigenvalue weighted by Gasteiger charge is -2.15. The standard InChI is InChI=1S/C28H19ClF7N9O3/c1-14-9-16(30)10-19(24(46)38-12-15-4-6-18(7-5-15)48-28(34,35)36)22(14)39-25(47)21-11-17(13-44-42-26(40-43-44)27(31,32)33)41-45(21)23-20(29)3-2-8-37-23/h2-11H,12-13H2,1H3,(H,38,46)(H,39,47). The molecule has 2 aromatic carbocycles. The Morgan fingerprint density at radius 2 is 1.71 bits per heavy atom. The molecule has 0 bridgehead atoms. The van der Waals surface area contributed by atoms with Crippen LogP contribution in [0.1, 0.15) is 43.5 Å². The number of alkyl halides is 6. The van der Waals surface area contributed by atoms with Crippen LogP contribution in [-0.2, 0) is 19.3 Å². The fourth-order valence-corrected chi connectivity index (χ4v) is 4.49. The minimum absolute atomic E-state index is 0.00607. The summed E-state index contributed by atoms with van der Waals surface area (Å²) in [6.45, 7) is 0.782.